The minimum absolute atomic E-state index is 0.0265. The molecule has 0 spiro atoms. The molecule has 2 aromatic carbocycles. The standard InChI is InChI=1S/C43H56N6O3S/c1-7-12-28(13-8-2)39-36-19-17-29(42(50)45-53-34-15-9-10-16-34)24-38(36)49-26-31(22-30-23-33(52-6)18-20-35(30)41(39)49)40-37(25-44-47(40)5)43(51)48-21-11-14-32(27-48)46(3)4/h17-20,22-25,28,32,34H,7-16,21,26-27H2,1-6H3,(H,45,50). The zero-order chi connectivity index (χ0) is 37.2. The fourth-order valence-electron chi connectivity index (χ4n) is 8.97. The van der Waals surface area contributed by atoms with Gasteiger partial charge in [0.05, 0.1) is 36.8 Å². The van der Waals surface area contributed by atoms with E-state index in [1.54, 1.807) is 25.3 Å². The summed E-state index contributed by atoms with van der Waals surface area (Å²) in [7, 11) is 7.84. The molecule has 1 unspecified atom stereocenters. The molecule has 9 nitrogen and oxygen atoms in total. The van der Waals surface area contributed by atoms with Crippen molar-refractivity contribution in [1.82, 2.24) is 28.9 Å². The van der Waals surface area contributed by atoms with E-state index < -0.39 is 0 Å². The van der Waals surface area contributed by atoms with E-state index in [9.17, 15) is 9.59 Å². The Morgan fingerprint density at radius 1 is 1.02 bits per heavy atom. The first-order chi connectivity index (χ1) is 25.7. The highest BCUT2D eigenvalue weighted by atomic mass is 32.2. The van der Waals surface area contributed by atoms with Gasteiger partial charge in [-0.3, -0.25) is 19.0 Å². The van der Waals surface area contributed by atoms with Crippen LogP contribution in [-0.4, -0.2) is 81.5 Å². The molecule has 1 saturated heterocycles. The van der Waals surface area contributed by atoms with Gasteiger partial charge in [0.15, 0.2) is 0 Å². The van der Waals surface area contributed by atoms with Crippen molar-refractivity contribution in [2.75, 3.05) is 34.3 Å². The fraction of sp³-hybridized carbons (Fsp3) is 0.512. The van der Waals surface area contributed by atoms with Crippen molar-refractivity contribution in [2.45, 2.75) is 102 Å². The molecule has 0 radical (unpaired) electrons. The van der Waals surface area contributed by atoms with Crippen LogP contribution in [0.25, 0.3) is 33.8 Å². The maximum atomic E-state index is 14.4. The maximum Gasteiger partial charge on any atom is 0.261 e. The third-order valence-corrected chi connectivity index (χ3v) is 12.8. The van der Waals surface area contributed by atoms with Gasteiger partial charge in [-0.05, 0) is 124 Å². The second-order valence-corrected chi connectivity index (χ2v) is 16.6. The number of likely N-dealkylation sites (tertiary alicyclic amines) is 1. The molecule has 1 aliphatic carbocycles. The first-order valence-corrected chi connectivity index (χ1v) is 20.6. The van der Waals surface area contributed by atoms with Crippen LogP contribution in [0.15, 0.2) is 42.6 Å². The van der Waals surface area contributed by atoms with Gasteiger partial charge >= 0.3 is 0 Å². The van der Waals surface area contributed by atoms with Crippen molar-refractivity contribution in [1.29, 1.82) is 0 Å². The summed E-state index contributed by atoms with van der Waals surface area (Å²) in [4.78, 5) is 32.3. The Morgan fingerprint density at radius 3 is 2.51 bits per heavy atom. The van der Waals surface area contributed by atoms with Crippen LogP contribution >= 0.6 is 11.9 Å². The number of hydrogen-bond acceptors (Lipinski definition) is 6. The maximum absolute atomic E-state index is 14.4. The minimum Gasteiger partial charge on any atom is -0.497 e. The molecule has 1 N–H and O–H groups in total. The summed E-state index contributed by atoms with van der Waals surface area (Å²) in [5.41, 5.74) is 8.88. The molecule has 282 valence electrons. The number of carbonyl (C=O) groups is 2. The number of aryl methyl sites for hydroxylation is 1. The monoisotopic (exact) mass is 736 g/mol. The van der Waals surface area contributed by atoms with Gasteiger partial charge in [-0.25, -0.2) is 0 Å². The Balaban J connectivity index is 1.39. The number of benzene rings is 2. The number of likely N-dealkylation sites (N-methyl/N-ethyl adjacent to an activating group) is 1. The van der Waals surface area contributed by atoms with Gasteiger partial charge in [0.25, 0.3) is 11.8 Å². The van der Waals surface area contributed by atoms with Gasteiger partial charge in [-0.2, -0.15) is 5.10 Å². The molecule has 3 aliphatic rings. The number of ether oxygens (including phenoxy) is 1. The first kappa shape index (κ1) is 37.3. The lowest BCUT2D eigenvalue weighted by atomic mass is 9.86. The largest absolute Gasteiger partial charge is 0.497 e. The van der Waals surface area contributed by atoms with E-state index in [1.807, 2.05) is 28.8 Å². The van der Waals surface area contributed by atoms with Crippen LogP contribution in [0, 0.1) is 0 Å². The molecule has 2 aromatic heterocycles. The highest BCUT2D eigenvalue weighted by Gasteiger charge is 2.33. The smallest absolute Gasteiger partial charge is 0.261 e. The zero-order valence-corrected chi connectivity index (χ0v) is 33.2. The van der Waals surface area contributed by atoms with E-state index in [0.717, 1.165) is 91.6 Å². The molecule has 2 aliphatic heterocycles. The molecular formula is C43H56N6O3S. The summed E-state index contributed by atoms with van der Waals surface area (Å²) in [6.07, 6.45) is 15.1. The quantitative estimate of drug-likeness (QED) is 0.147. The van der Waals surface area contributed by atoms with Crippen LogP contribution in [0.5, 0.6) is 5.75 Å². The third kappa shape index (κ3) is 7.41. The normalized spacial score (nSPS) is 17.6. The first-order valence-electron chi connectivity index (χ1n) is 19.7. The summed E-state index contributed by atoms with van der Waals surface area (Å²) >= 11 is 1.58. The number of aromatic nitrogens is 3. The van der Waals surface area contributed by atoms with Crippen molar-refractivity contribution in [3.63, 3.8) is 0 Å². The predicted molar refractivity (Wildman–Crippen MR) is 217 cm³/mol. The Bertz CT molecular complexity index is 2000. The van der Waals surface area contributed by atoms with Crippen LogP contribution in [-0.2, 0) is 13.6 Å². The third-order valence-electron chi connectivity index (χ3n) is 11.7. The van der Waals surface area contributed by atoms with Crippen molar-refractivity contribution in [2.24, 2.45) is 7.05 Å². The summed E-state index contributed by atoms with van der Waals surface area (Å²) in [5, 5.41) is 6.38. The van der Waals surface area contributed by atoms with Crippen LogP contribution < -0.4 is 9.46 Å². The van der Waals surface area contributed by atoms with Crippen LogP contribution in [0.2, 0.25) is 0 Å². The molecule has 1 saturated carbocycles. The zero-order valence-electron chi connectivity index (χ0n) is 32.4. The average molecular weight is 737 g/mol. The van der Waals surface area contributed by atoms with Crippen LogP contribution in [0.1, 0.15) is 122 Å². The van der Waals surface area contributed by atoms with Crippen molar-refractivity contribution < 1.29 is 14.3 Å². The van der Waals surface area contributed by atoms with Gasteiger partial charge in [0.1, 0.15) is 5.75 Å². The fourth-order valence-corrected chi connectivity index (χ4v) is 9.93. The second kappa shape index (κ2) is 16.1. The molecule has 4 heterocycles. The lowest BCUT2D eigenvalue weighted by molar-refractivity contribution is 0.0634. The molecule has 2 amide bonds. The highest BCUT2D eigenvalue weighted by Crippen LogP contribution is 2.47. The molecule has 2 fully saturated rings. The van der Waals surface area contributed by atoms with E-state index in [1.165, 1.54) is 29.5 Å². The van der Waals surface area contributed by atoms with Crippen LogP contribution in [0.3, 0.4) is 0 Å². The van der Waals surface area contributed by atoms with E-state index >= 15 is 0 Å². The Kier molecular flexibility index (Phi) is 11.4. The number of amides is 2. The average Bonchev–Trinajstić information content (AvgIpc) is 3.88. The summed E-state index contributed by atoms with van der Waals surface area (Å²) in [6.45, 7) is 6.51. The highest BCUT2D eigenvalue weighted by molar-refractivity contribution is 7.98. The number of hydrogen-bond donors (Lipinski definition) is 1. The Hall–Kier alpha value is -4.02. The molecule has 53 heavy (non-hydrogen) atoms. The molecule has 10 heteroatoms. The molecule has 1 atom stereocenters. The summed E-state index contributed by atoms with van der Waals surface area (Å²) in [5.74, 6) is 1.12. The van der Waals surface area contributed by atoms with Gasteiger partial charge in [-0.1, -0.05) is 45.6 Å². The van der Waals surface area contributed by atoms with Gasteiger partial charge in [0.2, 0.25) is 0 Å². The Labute approximate surface area is 319 Å². The lowest BCUT2D eigenvalue weighted by Gasteiger charge is -2.36. The Morgan fingerprint density at radius 2 is 1.79 bits per heavy atom. The van der Waals surface area contributed by atoms with E-state index in [4.69, 9.17) is 9.84 Å². The van der Waals surface area contributed by atoms with E-state index in [2.05, 4.69) is 72.5 Å². The summed E-state index contributed by atoms with van der Waals surface area (Å²) in [6, 6.07) is 13.0. The number of nitrogens with zero attached hydrogens (tertiary/aromatic N) is 5. The minimum atomic E-state index is -0.0498. The predicted octanol–water partition coefficient (Wildman–Crippen LogP) is 8.78. The number of rotatable bonds is 12. The van der Waals surface area contributed by atoms with Gasteiger partial charge in [-0.15, -0.1) is 0 Å². The number of carbonyl (C=O) groups excluding carboxylic acids is 2. The van der Waals surface area contributed by atoms with E-state index in [-0.39, 0.29) is 11.8 Å². The second-order valence-electron chi connectivity index (χ2n) is 15.5. The SMILES string of the molecule is CCCC(CCC)c1c2n(c3cc(C(=O)NSC4CCCC4)ccc13)CC(c1c(C(=O)N3CCCC(N(C)C)C3)cnn1C)=Cc1cc(OC)ccc1-2. The number of methoxy groups -OCH3 is 1. The van der Waals surface area contributed by atoms with Gasteiger partial charge < -0.3 is 19.1 Å². The van der Waals surface area contributed by atoms with Crippen molar-refractivity contribution >= 4 is 46.3 Å². The topological polar surface area (TPSA) is 84.6 Å². The molecular weight excluding hydrogens is 681 g/mol. The molecule has 0 bridgehead atoms. The number of piperidine rings is 1. The summed E-state index contributed by atoms with van der Waals surface area (Å²) < 4.78 is 13.2. The van der Waals surface area contributed by atoms with Crippen molar-refractivity contribution in [3.8, 4) is 17.0 Å². The van der Waals surface area contributed by atoms with Crippen molar-refractivity contribution in [3.05, 3.63) is 70.5 Å². The lowest BCUT2D eigenvalue weighted by Crippen LogP contribution is -2.47. The number of nitrogens with one attached hydrogen (secondary N) is 1. The van der Waals surface area contributed by atoms with E-state index in [0.29, 0.717) is 41.4 Å². The number of allylic oxidation sites excluding steroid dienone is 1. The molecule has 4 aromatic rings. The molecule has 7 rings (SSSR count). The number of fused-ring (bicyclic) bond motifs is 5. The van der Waals surface area contributed by atoms with Gasteiger partial charge in [0, 0.05) is 53.5 Å². The van der Waals surface area contributed by atoms with Crippen LogP contribution in [0.4, 0.5) is 0 Å².